The fraction of sp³-hybridized carbons (Fsp3) is 0.250. The topological polar surface area (TPSA) is 67.3 Å². The number of benzene rings is 1. The van der Waals surface area contributed by atoms with E-state index in [-0.39, 0.29) is 0 Å². The molecular weight excluding hydrogens is 294 g/mol. The van der Waals surface area contributed by atoms with Crippen LogP contribution in [0.2, 0.25) is 0 Å². The molecule has 1 aliphatic rings. The fourth-order valence-electron chi connectivity index (χ4n) is 2.42. The van der Waals surface area contributed by atoms with Gasteiger partial charge in [-0.15, -0.1) is 21.5 Å². The van der Waals surface area contributed by atoms with Gasteiger partial charge < -0.3 is 0 Å². The van der Waals surface area contributed by atoms with Crippen molar-refractivity contribution in [2.45, 2.75) is 25.2 Å². The summed E-state index contributed by atoms with van der Waals surface area (Å²) in [4.78, 5) is 4.63. The quantitative estimate of drug-likeness (QED) is 0.739. The molecule has 1 aromatic carbocycles. The molecule has 3 aromatic rings. The lowest BCUT2D eigenvalue weighted by Crippen LogP contribution is -2.08. The van der Waals surface area contributed by atoms with Crippen LogP contribution in [0.4, 0.5) is 0 Å². The van der Waals surface area contributed by atoms with Crippen molar-refractivity contribution >= 4 is 11.3 Å². The molecule has 0 unspecified atom stereocenters. The molecule has 5 nitrogen and oxygen atoms in total. The van der Waals surface area contributed by atoms with Gasteiger partial charge in [0.25, 0.3) is 0 Å². The second-order valence-electron chi connectivity index (χ2n) is 5.24. The summed E-state index contributed by atoms with van der Waals surface area (Å²) in [5.74, 6) is 7.55. The summed E-state index contributed by atoms with van der Waals surface area (Å²) in [7, 11) is 0. The Balaban J connectivity index is 1.63. The molecule has 0 amide bonds. The third kappa shape index (κ3) is 2.51. The molecule has 22 heavy (non-hydrogen) atoms. The molecule has 0 radical (unpaired) electrons. The Bertz CT molecular complexity index is 837. The Morgan fingerprint density at radius 3 is 2.86 bits per heavy atom. The van der Waals surface area contributed by atoms with Crippen molar-refractivity contribution in [1.29, 1.82) is 0 Å². The number of rotatable bonds is 2. The third-order valence-electron chi connectivity index (χ3n) is 3.86. The number of nitrogens with one attached hydrogen (secondary N) is 1. The Hall–Kier alpha value is -2.52. The van der Waals surface area contributed by atoms with E-state index in [4.69, 9.17) is 0 Å². The van der Waals surface area contributed by atoms with Gasteiger partial charge in [0.2, 0.25) is 5.82 Å². The first kappa shape index (κ1) is 13.2. The first-order valence-electron chi connectivity index (χ1n) is 7.20. The molecule has 1 aliphatic carbocycles. The average Bonchev–Trinajstić information content (AvgIpc) is 3.15. The van der Waals surface area contributed by atoms with Crippen molar-refractivity contribution in [3.05, 3.63) is 45.9 Å². The summed E-state index contributed by atoms with van der Waals surface area (Å²) in [6.07, 6.45) is 3.84. The smallest absolute Gasteiger partial charge is 0.205 e. The van der Waals surface area contributed by atoms with Gasteiger partial charge in [-0.3, -0.25) is 0 Å². The average molecular weight is 307 g/mol. The third-order valence-corrected chi connectivity index (χ3v) is 4.64. The monoisotopic (exact) mass is 307 g/mol. The second kappa shape index (κ2) is 5.70. The van der Waals surface area contributed by atoms with Crippen LogP contribution in [0.25, 0.3) is 11.4 Å². The van der Waals surface area contributed by atoms with Crippen molar-refractivity contribution in [2.75, 3.05) is 0 Å². The number of tetrazole rings is 1. The van der Waals surface area contributed by atoms with E-state index in [1.165, 1.54) is 25.0 Å². The zero-order chi connectivity index (χ0) is 14.8. The SMILES string of the molecule is C(#Cc1ccccc1-c1nn[nH]n1)c1nc(C2CCC2)cs1. The van der Waals surface area contributed by atoms with E-state index in [1.54, 1.807) is 11.3 Å². The van der Waals surface area contributed by atoms with Crippen LogP contribution in [0.3, 0.4) is 0 Å². The number of hydrogen-bond donors (Lipinski definition) is 1. The van der Waals surface area contributed by atoms with E-state index in [1.807, 2.05) is 24.3 Å². The van der Waals surface area contributed by atoms with E-state index < -0.39 is 0 Å². The molecule has 2 aromatic heterocycles. The maximum atomic E-state index is 4.63. The van der Waals surface area contributed by atoms with E-state index in [9.17, 15) is 0 Å². The molecule has 1 N–H and O–H groups in total. The minimum atomic E-state index is 0.555. The zero-order valence-corrected chi connectivity index (χ0v) is 12.6. The maximum Gasteiger partial charge on any atom is 0.205 e. The summed E-state index contributed by atoms with van der Waals surface area (Å²) in [6.45, 7) is 0. The summed E-state index contributed by atoms with van der Waals surface area (Å²) in [5.41, 5.74) is 2.95. The predicted octanol–water partition coefficient (Wildman–Crippen LogP) is 2.99. The van der Waals surface area contributed by atoms with Crippen molar-refractivity contribution in [1.82, 2.24) is 25.6 Å². The number of aromatic amines is 1. The molecule has 0 saturated heterocycles. The maximum absolute atomic E-state index is 4.63. The summed E-state index contributed by atoms with van der Waals surface area (Å²) < 4.78 is 0. The molecule has 1 fully saturated rings. The van der Waals surface area contributed by atoms with Crippen LogP contribution in [0.15, 0.2) is 29.6 Å². The molecular formula is C16H13N5S. The minimum absolute atomic E-state index is 0.555. The molecule has 4 rings (SSSR count). The zero-order valence-electron chi connectivity index (χ0n) is 11.8. The first-order valence-corrected chi connectivity index (χ1v) is 8.08. The van der Waals surface area contributed by atoms with Crippen molar-refractivity contribution in [3.8, 4) is 23.2 Å². The van der Waals surface area contributed by atoms with Gasteiger partial charge in [-0.2, -0.15) is 5.21 Å². The fourth-order valence-corrected chi connectivity index (χ4v) is 3.16. The Morgan fingerprint density at radius 1 is 1.18 bits per heavy atom. The van der Waals surface area contributed by atoms with Gasteiger partial charge >= 0.3 is 0 Å². The second-order valence-corrected chi connectivity index (χ2v) is 6.09. The number of aromatic nitrogens is 5. The van der Waals surface area contributed by atoms with Gasteiger partial charge in [0.1, 0.15) is 0 Å². The van der Waals surface area contributed by atoms with Gasteiger partial charge in [-0.05, 0) is 36.1 Å². The molecule has 108 valence electrons. The molecule has 0 aliphatic heterocycles. The van der Waals surface area contributed by atoms with E-state index >= 15 is 0 Å². The summed E-state index contributed by atoms with van der Waals surface area (Å²) >= 11 is 1.62. The van der Waals surface area contributed by atoms with Crippen molar-refractivity contribution < 1.29 is 0 Å². The first-order chi connectivity index (χ1) is 10.9. The summed E-state index contributed by atoms with van der Waals surface area (Å²) in [5, 5.41) is 17.1. The number of H-pyrrole nitrogens is 1. The lowest BCUT2D eigenvalue weighted by Gasteiger charge is -2.22. The highest BCUT2D eigenvalue weighted by atomic mass is 32.1. The van der Waals surface area contributed by atoms with Crippen LogP contribution >= 0.6 is 11.3 Å². The normalized spacial score (nSPS) is 14.2. The molecule has 0 atom stereocenters. The van der Waals surface area contributed by atoms with Crippen LogP contribution < -0.4 is 0 Å². The predicted molar refractivity (Wildman–Crippen MR) is 84.3 cm³/mol. The Morgan fingerprint density at radius 2 is 2.09 bits per heavy atom. The van der Waals surface area contributed by atoms with Gasteiger partial charge in [-0.1, -0.05) is 24.5 Å². The van der Waals surface area contributed by atoms with Crippen LogP contribution in [-0.2, 0) is 0 Å². The minimum Gasteiger partial charge on any atom is -0.232 e. The molecule has 2 heterocycles. The van der Waals surface area contributed by atoms with E-state index in [0.717, 1.165) is 16.1 Å². The Labute approximate surface area is 131 Å². The van der Waals surface area contributed by atoms with E-state index in [0.29, 0.717) is 11.7 Å². The number of hydrogen-bond acceptors (Lipinski definition) is 5. The lowest BCUT2D eigenvalue weighted by molar-refractivity contribution is 0.412. The lowest BCUT2D eigenvalue weighted by atomic mass is 9.83. The van der Waals surface area contributed by atoms with Crippen LogP contribution in [0.5, 0.6) is 0 Å². The standard InChI is InChI=1S/C16H13N5S/c1-2-7-13(16-18-20-21-19-16)11(4-1)8-9-15-17-14(10-22-15)12-5-3-6-12/h1-2,4,7,10,12H,3,5-6H2,(H,18,19,20,21). The highest BCUT2D eigenvalue weighted by Crippen LogP contribution is 2.36. The number of thiazole rings is 1. The van der Waals surface area contributed by atoms with Gasteiger partial charge in [0.05, 0.1) is 5.69 Å². The molecule has 0 bridgehead atoms. The largest absolute Gasteiger partial charge is 0.232 e. The van der Waals surface area contributed by atoms with Gasteiger partial charge in [-0.25, -0.2) is 4.98 Å². The Kier molecular flexibility index (Phi) is 3.41. The molecule has 1 saturated carbocycles. The molecule has 6 heteroatoms. The highest BCUT2D eigenvalue weighted by Gasteiger charge is 2.21. The van der Waals surface area contributed by atoms with Crippen LogP contribution in [0.1, 0.15) is 41.4 Å². The van der Waals surface area contributed by atoms with Gasteiger partial charge in [0, 0.05) is 22.4 Å². The van der Waals surface area contributed by atoms with Crippen molar-refractivity contribution in [3.63, 3.8) is 0 Å². The van der Waals surface area contributed by atoms with Gasteiger partial charge in [0.15, 0.2) is 5.01 Å². The highest BCUT2D eigenvalue weighted by molar-refractivity contribution is 7.10. The summed E-state index contributed by atoms with van der Waals surface area (Å²) in [6, 6.07) is 7.79. The van der Waals surface area contributed by atoms with E-state index in [2.05, 4.69) is 42.8 Å². The van der Waals surface area contributed by atoms with Crippen molar-refractivity contribution in [2.24, 2.45) is 0 Å². The van der Waals surface area contributed by atoms with Crippen LogP contribution in [0, 0.1) is 11.8 Å². The molecule has 0 spiro atoms. The van der Waals surface area contributed by atoms with Crippen LogP contribution in [-0.4, -0.2) is 25.6 Å². The number of nitrogens with zero attached hydrogens (tertiary/aromatic N) is 4.